The first-order chi connectivity index (χ1) is 15.6. The minimum absolute atomic E-state index is 0.246. The molecule has 4 rings (SSSR count). The van der Waals surface area contributed by atoms with Gasteiger partial charge in [-0.25, -0.2) is 9.48 Å². The molecule has 2 aromatic carbocycles. The zero-order valence-corrected chi connectivity index (χ0v) is 18.3. The van der Waals surface area contributed by atoms with Crippen molar-refractivity contribution in [2.75, 3.05) is 13.2 Å². The number of aromatic hydroxyl groups is 1. The van der Waals surface area contributed by atoms with E-state index in [1.54, 1.807) is 42.1 Å². The van der Waals surface area contributed by atoms with E-state index < -0.39 is 5.97 Å². The topological polar surface area (TPSA) is 89.3 Å². The van der Waals surface area contributed by atoms with Crippen molar-refractivity contribution in [1.29, 1.82) is 0 Å². The normalized spacial score (nSPS) is 11.1. The zero-order chi connectivity index (χ0) is 22.5. The van der Waals surface area contributed by atoms with Gasteiger partial charge in [0.1, 0.15) is 11.3 Å². The van der Waals surface area contributed by atoms with E-state index in [1.165, 1.54) is 6.20 Å². The lowest BCUT2D eigenvalue weighted by molar-refractivity contribution is 0.0525. The number of esters is 1. The number of nitrogens with zero attached hydrogens (tertiary/aromatic N) is 3. The van der Waals surface area contributed by atoms with Crippen LogP contribution in [0.25, 0.3) is 16.6 Å². The second kappa shape index (κ2) is 9.80. The van der Waals surface area contributed by atoms with Crippen LogP contribution in [0.3, 0.4) is 0 Å². The van der Waals surface area contributed by atoms with Crippen LogP contribution in [0.4, 0.5) is 0 Å². The van der Waals surface area contributed by atoms with E-state index >= 15 is 0 Å². The van der Waals surface area contributed by atoms with Crippen LogP contribution in [0.15, 0.2) is 60.9 Å². The van der Waals surface area contributed by atoms with E-state index in [0.717, 1.165) is 28.6 Å². The number of halogens is 1. The van der Waals surface area contributed by atoms with E-state index in [0.29, 0.717) is 29.4 Å². The van der Waals surface area contributed by atoms with Gasteiger partial charge in [0, 0.05) is 23.2 Å². The molecule has 0 atom stereocenters. The minimum atomic E-state index is -0.407. The molecule has 0 spiro atoms. The maximum Gasteiger partial charge on any atom is 0.341 e. The molecule has 0 aliphatic heterocycles. The Hall–Kier alpha value is -3.42. The summed E-state index contributed by atoms with van der Waals surface area (Å²) in [7, 11) is 0. The monoisotopic (exact) mass is 450 g/mol. The van der Waals surface area contributed by atoms with Gasteiger partial charge in [0.2, 0.25) is 0 Å². The van der Waals surface area contributed by atoms with Crippen LogP contribution >= 0.6 is 11.6 Å². The third-order valence-corrected chi connectivity index (χ3v) is 5.33. The Morgan fingerprint density at radius 2 is 2.00 bits per heavy atom. The number of carbonyl (C=O) groups excluding carboxylic acids is 1. The van der Waals surface area contributed by atoms with Crippen molar-refractivity contribution in [1.82, 2.24) is 20.1 Å². The van der Waals surface area contributed by atoms with Gasteiger partial charge in [0.25, 0.3) is 0 Å². The van der Waals surface area contributed by atoms with Gasteiger partial charge in [-0.1, -0.05) is 23.7 Å². The number of hydrogen-bond donors (Lipinski definition) is 2. The van der Waals surface area contributed by atoms with Crippen molar-refractivity contribution in [2.24, 2.45) is 0 Å². The molecular formula is C24H23ClN4O3. The number of rotatable bonds is 8. The Morgan fingerprint density at radius 1 is 1.19 bits per heavy atom. The average Bonchev–Trinajstić information content (AvgIpc) is 3.21. The molecule has 0 fully saturated rings. The van der Waals surface area contributed by atoms with Crippen molar-refractivity contribution in [3.05, 3.63) is 82.8 Å². The SMILES string of the molecule is CCOC(=O)c1cnn(-c2ccnc3cc(Cl)ccc23)c1CNCCc1ccc(O)cc1. The van der Waals surface area contributed by atoms with Gasteiger partial charge >= 0.3 is 5.97 Å². The maximum absolute atomic E-state index is 12.5. The highest BCUT2D eigenvalue weighted by Gasteiger charge is 2.20. The number of nitrogens with one attached hydrogen (secondary N) is 1. The molecule has 2 N–H and O–H groups in total. The molecular weight excluding hydrogens is 428 g/mol. The van der Waals surface area contributed by atoms with E-state index in [2.05, 4.69) is 15.4 Å². The first kappa shape index (κ1) is 21.8. The molecule has 8 heteroatoms. The van der Waals surface area contributed by atoms with Gasteiger partial charge in [0.05, 0.1) is 29.7 Å². The lowest BCUT2D eigenvalue weighted by Crippen LogP contribution is -2.21. The highest BCUT2D eigenvalue weighted by molar-refractivity contribution is 6.31. The summed E-state index contributed by atoms with van der Waals surface area (Å²) in [4.78, 5) is 16.9. The predicted molar refractivity (Wildman–Crippen MR) is 123 cm³/mol. The van der Waals surface area contributed by atoms with Crippen LogP contribution in [0.5, 0.6) is 5.75 Å². The lowest BCUT2D eigenvalue weighted by atomic mass is 10.1. The van der Waals surface area contributed by atoms with Crippen LogP contribution in [-0.4, -0.2) is 39.0 Å². The van der Waals surface area contributed by atoms with Crippen LogP contribution < -0.4 is 5.32 Å². The molecule has 0 aliphatic rings. The van der Waals surface area contributed by atoms with E-state index in [-0.39, 0.29) is 12.4 Å². The third kappa shape index (κ3) is 4.74. The number of carbonyl (C=O) groups is 1. The molecule has 2 aromatic heterocycles. The summed E-state index contributed by atoms with van der Waals surface area (Å²) >= 11 is 6.12. The fourth-order valence-electron chi connectivity index (χ4n) is 3.52. The molecule has 32 heavy (non-hydrogen) atoms. The van der Waals surface area contributed by atoms with Gasteiger partial charge in [0.15, 0.2) is 0 Å². The van der Waals surface area contributed by atoms with Gasteiger partial charge < -0.3 is 15.2 Å². The number of ether oxygens (including phenoxy) is 1. The summed E-state index contributed by atoms with van der Waals surface area (Å²) in [5.74, 6) is -0.161. The number of hydrogen-bond acceptors (Lipinski definition) is 6. The van der Waals surface area contributed by atoms with Crippen LogP contribution in [0.1, 0.15) is 28.5 Å². The number of phenols is 1. The number of pyridine rings is 1. The molecule has 7 nitrogen and oxygen atoms in total. The zero-order valence-electron chi connectivity index (χ0n) is 17.6. The van der Waals surface area contributed by atoms with Crippen molar-refractivity contribution in [2.45, 2.75) is 19.9 Å². The second-order valence-corrected chi connectivity index (χ2v) is 7.66. The first-order valence-corrected chi connectivity index (χ1v) is 10.7. The maximum atomic E-state index is 12.5. The van der Waals surface area contributed by atoms with Crippen molar-refractivity contribution < 1.29 is 14.6 Å². The van der Waals surface area contributed by atoms with Gasteiger partial charge in [-0.2, -0.15) is 5.10 Å². The highest BCUT2D eigenvalue weighted by Crippen LogP contribution is 2.25. The summed E-state index contributed by atoms with van der Waals surface area (Å²) in [5, 5.41) is 18.8. The Balaban J connectivity index is 1.62. The summed E-state index contributed by atoms with van der Waals surface area (Å²) in [5.41, 5.74) is 3.78. The van der Waals surface area contributed by atoms with E-state index in [4.69, 9.17) is 16.3 Å². The van der Waals surface area contributed by atoms with Crippen LogP contribution in [0.2, 0.25) is 5.02 Å². The van der Waals surface area contributed by atoms with Gasteiger partial charge in [-0.3, -0.25) is 4.98 Å². The fraction of sp³-hybridized carbons (Fsp3) is 0.208. The molecule has 0 radical (unpaired) electrons. The quantitative estimate of drug-likeness (QED) is 0.307. The molecule has 0 unspecified atom stereocenters. The van der Waals surface area contributed by atoms with Crippen molar-refractivity contribution in [3.63, 3.8) is 0 Å². The van der Waals surface area contributed by atoms with Crippen molar-refractivity contribution in [3.8, 4) is 11.4 Å². The first-order valence-electron chi connectivity index (χ1n) is 10.3. The summed E-state index contributed by atoms with van der Waals surface area (Å²) in [6.07, 6.45) is 4.01. The van der Waals surface area contributed by atoms with E-state index in [1.807, 2.05) is 24.3 Å². The number of benzene rings is 2. The average molecular weight is 451 g/mol. The standard InChI is InChI=1S/C24H23ClN4O3/c1-2-32-24(31)20-14-28-29(22-10-12-27-21-13-17(25)5-8-19(21)22)23(20)15-26-11-9-16-3-6-18(30)7-4-16/h3-8,10,12-14,26,30H,2,9,11,15H2,1H3. The van der Waals surface area contributed by atoms with Crippen LogP contribution in [-0.2, 0) is 17.7 Å². The van der Waals surface area contributed by atoms with Crippen molar-refractivity contribution >= 4 is 28.5 Å². The number of aromatic nitrogens is 3. The Labute approximate surface area is 190 Å². The smallest absolute Gasteiger partial charge is 0.341 e. The third-order valence-electron chi connectivity index (χ3n) is 5.09. The molecule has 0 saturated carbocycles. The Kier molecular flexibility index (Phi) is 6.68. The summed E-state index contributed by atoms with van der Waals surface area (Å²) in [6, 6.07) is 14.5. The van der Waals surface area contributed by atoms with E-state index in [9.17, 15) is 9.90 Å². The predicted octanol–water partition coefficient (Wildman–Crippen LogP) is 4.29. The number of fused-ring (bicyclic) bond motifs is 1. The Bertz CT molecular complexity index is 1240. The van der Waals surface area contributed by atoms with Gasteiger partial charge in [-0.05, 0) is 61.9 Å². The second-order valence-electron chi connectivity index (χ2n) is 7.22. The molecule has 0 bridgehead atoms. The fourth-order valence-corrected chi connectivity index (χ4v) is 3.69. The summed E-state index contributed by atoms with van der Waals surface area (Å²) < 4.78 is 6.98. The molecule has 0 saturated heterocycles. The van der Waals surface area contributed by atoms with Gasteiger partial charge in [-0.15, -0.1) is 0 Å². The largest absolute Gasteiger partial charge is 0.508 e. The highest BCUT2D eigenvalue weighted by atomic mass is 35.5. The molecule has 2 heterocycles. The minimum Gasteiger partial charge on any atom is -0.508 e. The molecule has 0 aliphatic carbocycles. The number of phenolic OH excluding ortho intramolecular Hbond substituents is 1. The molecule has 0 amide bonds. The molecule has 4 aromatic rings. The molecule has 164 valence electrons. The lowest BCUT2D eigenvalue weighted by Gasteiger charge is -2.13. The van der Waals surface area contributed by atoms with Crippen LogP contribution in [0, 0.1) is 0 Å². The summed E-state index contributed by atoms with van der Waals surface area (Å²) in [6.45, 7) is 3.17. The Morgan fingerprint density at radius 3 is 2.78 bits per heavy atom.